The van der Waals surface area contributed by atoms with E-state index in [0.29, 0.717) is 10.8 Å². The van der Waals surface area contributed by atoms with E-state index in [1.54, 1.807) is 12.1 Å². The van der Waals surface area contributed by atoms with Crippen LogP contribution in [0.15, 0.2) is 58.3 Å². The highest BCUT2D eigenvalue weighted by Gasteiger charge is 2.24. The van der Waals surface area contributed by atoms with Crippen LogP contribution in [0.4, 0.5) is 5.69 Å². The van der Waals surface area contributed by atoms with Crippen LogP contribution >= 0.6 is 23.4 Å². The van der Waals surface area contributed by atoms with E-state index in [4.69, 9.17) is 11.6 Å². The Kier molecular flexibility index (Phi) is 6.00. The number of rotatable bonds is 7. The predicted octanol–water partition coefficient (Wildman–Crippen LogP) is 3.32. The average molecular weight is 373 g/mol. The molecule has 0 atom stereocenters. The van der Waals surface area contributed by atoms with E-state index in [0.717, 1.165) is 11.0 Å². The van der Waals surface area contributed by atoms with E-state index in [1.165, 1.54) is 30.0 Å². The summed E-state index contributed by atoms with van der Waals surface area (Å²) >= 11 is 7.24. The summed E-state index contributed by atoms with van der Waals surface area (Å²) in [4.78, 5) is 10.8. The number of thioether (sulfide) groups is 1. The monoisotopic (exact) mass is 372 g/mol. The zero-order valence-corrected chi connectivity index (χ0v) is 14.2. The molecule has 23 heavy (non-hydrogen) atoms. The molecule has 0 aliphatic heterocycles. The van der Waals surface area contributed by atoms with Crippen molar-refractivity contribution in [2.24, 2.45) is 0 Å². The number of sulfonamides is 1. The largest absolute Gasteiger partial charge is 0.289 e. The van der Waals surface area contributed by atoms with Crippen molar-refractivity contribution in [3.8, 4) is 0 Å². The van der Waals surface area contributed by atoms with Crippen molar-refractivity contribution < 1.29 is 13.3 Å². The first-order valence-electron chi connectivity index (χ1n) is 6.51. The lowest BCUT2D eigenvalue weighted by Gasteiger charge is -2.07. The highest BCUT2D eigenvalue weighted by Crippen LogP contribution is 2.23. The molecule has 1 N–H and O–H groups in total. The fourth-order valence-electron chi connectivity index (χ4n) is 1.79. The Labute approximate surface area is 143 Å². The van der Waals surface area contributed by atoms with Gasteiger partial charge in [0.05, 0.1) is 4.92 Å². The number of nitrogens with one attached hydrogen (secondary N) is 1. The molecule has 6 nitrogen and oxygen atoms in total. The Balaban J connectivity index is 1.97. The third kappa shape index (κ3) is 4.93. The minimum Gasteiger partial charge on any atom is -0.258 e. The summed E-state index contributed by atoms with van der Waals surface area (Å²) in [5, 5.41) is 11.5. The van der Waals surface area contributed by atoms with E-state index < -0.39 is 20.6 Å². The van der Waals surface area contributed by atoms with Gasteiger partial charge in [0.2, 0.25) is 10.0 Å². The highest BCUT2D eigenvalue weighted by molar-refractivity contribution is 7.99. The van der Waals surface area contributed by atoms with E-state index in [2.05, 4.69) is 4.72 Å². The first-order valence-corrected chi connectivity index (χ1v) is 9.36. The maximum absolute atomic E-state index is 12.2. The summed E-state index contributed by atoms with van der Waals surface area (Å²) in [5.74, 6) is 0.488. The van der Waals surface area contributed by atoms with Crippen LogP contribution in [0, 0.1) is 10.1 Å². The number of para-hydroxylation sites is 1. The second kappa shape index (κ2) is 7.78. The van der Waals surface area contributed by atoms with Crippen molar-refractivity contribution in [1.82, 2.24) is 4.72 Å². The first-order chi connectivity index (χ1) is 10.9. The molecule has 2 aromatic carbocycles. The fourth-order valence-corrected chi connectivity index (χ4v) is 4.01. The van der Waals surface area contributed by atoms with Gasteiger partial charge in [0.15, 0.2) is 4.90 Å². The fraction of sp³-hybridized carbons (Fsp3) is 0.143. The molecular formula is C14H13ClN2O4S2. The van der Waals surface area contributed by atoms with E-state index in [1.807, 2.05) is 12.1 Å². The van der Waals surface area contributed by atoms with Crippen LogP contribution in [-0.4, -0.2) is 25.6 Å². The Morgan fingerprint density at radius 3 is 2.43 bits per heavy atom. The third-order valence-corrected chi connectivity index (χ3v) is 5.60. The molecule has 0 spiro atoms. The lowest BCUT2D eigenvalue weighted by atomic mass is 10.3. The lowest BCUT2D eigenvalue weighted by Crippen LogP contribution is -2.26. The van der Waals surface area contributed by atoms with Gasteiger partial charge in [-0.3, -0.25) is 10.1 Å². The van der Waals surface area contributed by atoms with Gasteiger partial charge in [-0.05, 0) is 30.3 Å². The van der Waals surface area contributed by atoms with Crippen LogP contribution < -0.4 is 4.72 Å². The molecular weight excluding hydrogens is 360 g/mol. The van der Waals surface area contributed by atoms with Crippen molar-refractivity contribution in [2.75, 3.05) is 12.3 Å². The van der Waals surface area contributed by atoms with Crippen molar-refractivity contribution in [2.45, 2.75) is 9.79 Å². The van der Waals surface area contributed by atoms with Gasteiger partial charge in [0.25, 0.3) is 5.69 Å². The zero-order valence-electron chi connectivity index (χ0n) is 11.8. The summed E-state index contributed by atoms with van der Waals surface area (Å²) in [5.41, 5.74) is -0.439. The molecule has 0 amide bonds. The summed E-state index contributed by atoms with van der Waals surface area (Å²) in [6.07, 6.45) is 0. The van der Waals surface area contributed by atoms with E-state index >= 15 is 0 Å². The van der Waals surface area contributed by atoms with Crippen LogP contribution in [0.3, 0.4) is 0 Å². The van der Waals surface area contributed by atoms with Gasteiger partial charge in [0, 0.05) is 28.3 Å². The molecule has 0 aliphatic rings. The minimum atomic E-state index is -3.92. The molecule has 2 rings (SSSR count). The Hall–Kier alpha value is -1.61. The molecule has 0 radical (unpaired) electrons. The molecule has 0 aromatic heterocycles. The maximum atomic E-state index is 12.2. The second-order valence-electron chi connectivity index (χ2n) is 4.42. The van der Waals surface area contributed by atoms with Crippen LogP contribution in [0.5, 0.6) is 0 Å². The summed E-state index contributed by atoms with van der Waals surface area (Å²) in [6.45, 7) is 0.154. The number of nitrogens with zero attached hydrogens (tertiary/aromatic N) is 1. The van der Waals surface area contributed by atoms with Crippen molar-refractivity contribution in [3.63, 3.8) is 0 Å². The van der Waals surface area contributed by atoms with Crippen LogP contribution in [-0.2, 0) is 10.0 Å². The van der Waals surface area contributed by atoms with Crippen LogP contribution in [0.2, 0.25) is 5.02 Å². The van der Waals surface area contributed by atoms with Gasteiger partial charge in [-0.25, -0.2) is 13.1 Å². The SMILES string of the molecule is O=[N+]([O-])c1ccccc1S(=O)(=O)NCCSc1ccc(Cl)cc1. The Bertz CT molecular complexity index is 795. The number of hydrogen-bond acceptors (Lipinski definition) is 5. The molecule has 0 bridgehead atoms. The van der Waals surface area contributed by atoms with Gasteiger partial charge in [0.1, 0.15) is 0 Å². The molecule has 0 aliphatic carbocycles. The zero-order chi connectivity index (χ0) is 16.9. The molecule has 9 heteroatoms. The molecule has 0 heterocycles. The van der Waals surface area contributed by atoms with Crippen LogP contribution in [0.25, 0.3) is 0 Å². The number of nitro benzene ring substituents is 1. The first kappa shape index (κ1) is 17.7. The maximum Gasteiger partial charge on any atom is 0.289 e. The average Bonchev–Trinajstić information content (AvgIpc) is 2.53. The molecule has 0 fully saturated rings. The predicted molar refractivity (Wildman–Crippen MR) is 90.5 cm³/mol. The Morgan fingerprint density at radius 2 is 1.78 bits per heavy atom. The number of benzene rings is 2. The van der Waals surface area contributed by atoms with Crippen molar-refractivity contribution in [1.29, 1.82) is 0 Å². The molecule has 0 unspecified atom stereocenters. The highest BCUT2D eigenvalue weighted by atomic mass is 35.5. The van der Waals surface area contributed by atoms with E-state index in [9.17, 15) is 18.5 Å². The van der Waals surface area contributed by atoms with E-state index in [-0.39, 0.29) is 11.4 Å². The third-order valence-electron chi connectivity index (χ3n) is 2.83. The smallest absolute Gasteiger partial charge is 0.258 e. The van der Waals surface area contributed by atoms with Gasteiger partial charge in [-0.1, -0.05) is 23.7 Å². The van der Waals surface area contributed by atoms with Gasteiger partial charge in [-0.2, -0.15) is 0 Å². The molecule has 0 saturated heterocycles. The molecule has 2 aromatic rings. The van der Waals surface area contributed by atoms with Crippen molar-refractivity contribution in [3.05, 3.63) is 63.7 Å². The number of nitro groups is 1. The second-order valence-corrected chi connectivity index (χ2v) is 7.77. The number of hydrogen-bond donors (Lipinski definition) is 1. The lowest BCUT2D eigenvalue weighted by molar-refractivity contribution is -0.387. The normalized spacial score (nSPS) is 11.3. The summed E-state index contributed by atoms with van der Waals surface area (Å²) in [7, 11) is -3.92. The van der Waals surface area contributed by atoms with Gasteiger partial charge in [-0.15, -0.1) is 11.8 Å². The quantitative estimate of drug-likeness (QED) is 0.348. The molecule has 122 valence electrons. The van der Waals surface area contributed by atoms with Gasteiger partial charge < -0.3 is 0 Å². The minimum absolute atomic E-state index is 0.154. The van der Waals surface area contributed by atoms with Crippen molar-refractivity contribution >= 4 is 39.1 Å². The summed E-state index contributed by atoms with van der Waals surface area (Å²) < 4.78 is 26.7. The Morgan fingerprint density at radius 1 is 1.13 bits per heavy atom. The standard InChI is InChI=1S/C14H13ClN2O4S2/c15-11-5-7-12(8-6-11)22-10-9-16-23(20,21)14-4-2-1-3-13(14)17(18)19/h1-8,16H,9-10H2. The molecule has 0 saturated carbocycles. The van der Waals surface area contributed by atoms with Crippen LogP contribution in [0.1, 0.15) is 0 Å². The van der Waals surface area contributed by atoms with Gasteiger partial charge >= 0.3 is 0 Å². The summed E-state index contributed by atoms with van der Waals surface area (Å²) in [6, 6.07) is 12.4. The number of halogens is 1. The topological polar surface area (TPSA) is 89.3 Å².